The molecule has 1 aliphatic rings. The summed E-state index contributed by atoms with van der Waals surface area (Å²) < 4.78 is 2.18. The number of likely N-dealkylation sites (N-methyl/N-ethyl adjacent to an activating group) is 1. The van der Waals surface area contributed by atoms with Gasteiger partial charge in [0.05, 0.1) is 12.2 Å². The maximum absolute atomic E-state index is 4.67. The first-order valence-corrected chi connectivity index (χ1v) is 11.6. The van der Waals surface area contributed by atoms with Gasteiger partial charge in [0.2, 0.25) is 0 Å². The third kappa shape index (κ3) is 5.85. The van der Waals surface area contributed by atoms with E-state index in [2.05, 4.69) is 90.9 Å². The van der Waals surface area contributed by atoms with E-state index in [9.17, 15) is 0 Å². The second kappa shape index (κ2) is 10.3. The standard InChI is InChI=1S/C25H40N4/c1-6-8-22-9-11-24(12-10-22)28-14-13-27(7-2)25(19-28)16-21(5)29-18-23(17-26-29)15-20(3)4/h9-12,17-18,20-21,25H,6-8,13-16,19H2,1-5H3. The molecular formula is C25H40N4. The second-order valence-corrected chi connectivity index (χ2v) is 9.16. The highest BCUT2D eigenvalue weighted by Gasteiger charge is 2.28. The average molecular weight is 397 g/mol. The maximum atomic E-state index is 4.67. The average Bonchev–Trinajstić information content (AvgIpc) is 3.17. The zero-order valence-electron chi connectivity index (χ0n) is 19.1. The molecule has 160 valence electrons. The van der Waals surface area contributed by atoms with Crippen LogP contribution in [0.4, 0.5) is 5.69 Å². The van der Waals surface area contributed by atoms with Crippen LogP contribution in [-0.2, 0) is 12.8 Å². The first-order chi connectivity index (χ1) is 14.0. The molecule has 0 N–H and O–H groups in total. The van der Waals surface area contributed by atoms with Gasteiger partial charge in [0.15, 0.2) is 0 Å². The van der Waals surface area contributed by atoms with Crippen LogP contribution in [0, 0.1) is 5.92 Å². The first-order valence-electron chi connectivity index (χ1n) is 11.6. The Morgan fingerprint density at radius 1 is 1.03 bits per heavy atom. The number of aromatic nitrogens is 2. The third-order valence-electron chi connectivity index (χ3n) is 6.21. The smallest absolute Gasteiger partial charge is 0.0521 e. The minimum atomic E-state index is 0.418. The van der Waals surface area contributed by atoms with Crippen molar-refractivity contribution in [2.75, 3.05) is 31.1 Å². The van der Waals surface area contributed by atoms with Gasteiger partial charge in [-0.1, -0.05) is 46.2 Å². The summed E-state index contributed by atoms with van der Waals surface area (Å²) in [6, 6.07) is 10.2. The number of nitrogens with zero attached hydrogens (tertiary/aromatic N) is 4. The lowest BCUT2D eigenvalue weighted by molar-refractivity contribution is 0.160. The van der Waals surface area contributed by atoms with E-state index < -0.39 is 0 Å². The molecular weight excluding hydrogens is 356 g/mol. The molecule has 0 aliphatic carbocycles. The molecule has 0 radical (unpaired) electrons. The molecule has 0 saturated carbocycles. The summed E-state index contributed by atoms with van der Waals surface area (Å²) in [7, 11) is 0. The number of anilines is 1. The lowest BCUT2D eigenvalue weighted by atomic mass is 10.0. The van der Waals surface area contributed by atoms with Crippen molar-refractivity contribution in [3.8, 4) is 0 Å². The van der Waals surface area contributed by atoms with E-state index in [1.807, 2.05) is 0 Å². The van der Waals surface area contributed by atoms with E-state index in [4.69, 9.17) is 0 Å². The van der Waals surface area contributed by atoms with E-state index in [1.54, 1.807) is 0 Å². The molecule has 0 amide bonds. The predicted octanol–water partition coefficient (Wildman–Crippen LogP) is 5.20. The molecule has 0 bridgehead atoms. The summed E-state index contributed by atoms with van der Waals surface area (Å²) in [4.78, 5) is 5.23. The summed E-state index contributed by atoms with van der Waals surface area (Å²) in [6.07, 6.45) is 8.95. The zero-order valence-corrected chi connectivity index (χ0v) is 19.1. The van der Waals surface area contributed by atoms with Gasteiger partial charge in [-0.3, -0.25) is 9.58 Å². The lowest BCUT2D eigenvalue weighted by Crippen LogP contribution is -2.53. The molecule has 4 heteroatoms. The minimum absolute atomic E-state index is 0.418. The van der Waals surface area contributed by atoms with Gasteiger partial charge in [0.25, 0.3) is 0 Å². The molecule has 3 rings (SSSR count). The van der Waals surface area contributed by atoms with Gasteiger partial charge >= 0.3 is 0 Å². The van der Waals surface area contributed by atoms with Crippen molar-refractivity contribution < 1.29 is 0 Å². The van der Waals surface area contributed by atoms with Gasteiger partial charge in [0.1, 0.15) is 0 Å². The summed E-state index contributed by atoms with van der Waals surface area (Å²) in [5, 5.41) is 4.67. The summed E-state index contributed by atoms with van der Waals surface area (Å²) in [5.74, 6) is 0.675. The molecule has 1 aromatic heterocycles. The van der Waals surface area contributed by atoms with Gasteiger partial charge in [0, 0.05) is 37.6 Å². The number of hydrogen-bond acceptors (Lipinski definition) is 3. The number of aryl methyl sites for hydroxylation is 1. The van der Waals surface area contributed by atoms with Crippen molar-refractivity contribution in [3.63, 3.8) is 0 Å². The third-order valence-corrected chi connectivity index (χ3v) is 6.21. The van der Waals surface area contributed by atoms with Crippen molar-refractivity contribution in [1.82, 2.24) is 14.7 Å². The van der Waals surface area contributed by atoms with Crippen molar-refractivity contribution in [3.05, 3.63) is 47.8 Å². The highest BCUT2D eigenvalue weighted by molar-refractivity contribution is 5.48. The Labute approximate surface area is 177 Å². The van der Waals surface area contributed by atoms with Crippen LogP contribution in [0.25, 0.3) is 0 Å². The Hall–Kier alpha value is -1.81. The predicted molar refractivity (Wildman–Crippen MR) is 124 cm³/mol. The zero-order chi connectivity index (χ0) is 20.8. The molecule has 2 unspecified atom stereocenters. The highest BCUT2D eigenvalue weighted by Crippen LogP contribution is 2.25. The molecule has 4 nitrogen and oxygen atoms in total. The molecule has 1 saturated heterocycles. The molecule has 1 fully saturated rings. The van der Waals surface area contributed by atoms with Gasteiger partial charge in [-0.25, -0.2) is 0 Å². The minimum Gasteiger partial charge on any atom is -0.369 e. The summed E-state index contributed by atoms with van der Waals surface area (Å²) >= 11 is 0. The van der Waals surface area contributed by atoms with E-state index in [1.165, 1.54) is 29.7 Å². The largest absolute Gasteiger partial charge is 0.369 e. The topological polar surface area (TPSA) is 24.3 Å². The Kier molecular flexibility index (Phi) is 7.77. The van der Waals surface area contributed by atoms with Crippen molar-refractivity contribution >= 4 is 5.69 Å². The highest BCUT2D eigenvalue weighted by atomic mass is 15.3. The van der Waals surface area contributed by atoms with Crippen molar-refractivity contribution in [1.29, 1.82) is 0 Å². The first kappa shape index (κ1) is 21.9. The fourth-order valence-electron chi connectivity index (χ4n) is 4.63. The normalized spacial score (nSPS) is 19.1. The maximum Gasteiger partial charge on any atom is 0.0521 e. The van der Waals surface area contributed by atoms with Crippen LogP contribution in [0.5, 0.6) is 0 Å². The lowest BCUT2D eigenvalue weighted by Gasteiger charge is -2.43. The fourth-order valence-corrected chi connectivity index (χ4v) is 4.63. The van der Waals surface area contributed by atoms with Crippen LogP contribution in [0.3, 0.4) is 0 Å². The number of hydrogen-bond donors (Lipinski definition) is 0. The second-order valence-electron chi connectivity index (χ2n) is 9.16. The van der Waals surface area contributed by atoms with Gasteiger partial charge in [-0.15, -0.1) is 0 Å². The SMILES string of the molecule is CCCc1ccc(N2CCN(CC)C(CC(C)n3cc(CC(C)C)cn3)C2)cc1. The van der Waals surface area contributed by atoms with Crippen LogP contribution in [0.1, 0.15) is 64.6 Å². The van der Waals surface area contributed by atoms with Gasteiger partial charge in [-0.2, -0.15) is 5.10 Å². The van der Waals surface area contributed by atoms with E-state index in [0.29, 0.717) is 18.0 Å². The number of rotatable bonds is 9. The molecule has 29 heavy (non-hydrogen) atoms. The monoisotopic (exact) mass is 396 g/mol. The van der Waals surface area contributed by atoms with Crippen molar-refractivity contribution in [2.24, 2.45) is 5.92 Å². The summed E-state index contributed by atoms with van der Waals surface area (Å²) in [5.41, 5.74) is 4.18. The van der Waals surface area contributed by atoms with Crippen LogP contribution >= 0.6 is 0 Å². The Morgan fingerprint density at radius 3 is 2.45 bits per heavy atom. The van der Waals surface area contributed by atoms with E-state index >= 15 is 0 Å². The van der Waals surface area contributed by atoms with E-state index in [-0.39, 0.29) is 0 Å². The molecule has 2 atom stereocenters. The molecule has 1 aliphatic heterocycles. The van der Waals surface area contributed by atoms with E-state index in [0.717, 1.165) is 39.0 Å². The quantitative estimate of drug-likeness (QED) is 0.582. The van der Waals surface area contributed by atoms with Crippen LogP contribution < -0.4 is 4.90 Å². The molecule has 2 aromatic rings. The van der Waals surface area contributed by atoms with Crippen LogP contribution in [0.2, 0.25) is 0 Å². The Bertz CT molecular complexity index is 734. The fraction of sp³-hybridized carbons (Fsp3) is 0.640. The summed E-state index contributed by atoms with van der Waals surface area (Å²) in [6.45, 7) is 15.9. The van der Waals surface area contributed by atoms with Crippen LogP contribution in [0.15, 0.2) is 36.7 Å². The molecule has 1 aromatic carbocycles. The van der Waals surface area contributed by atoms with Gasteiger partial charge < -0.3 is 4.90 Å². The van der Waals surface area contributed by atoms with Crippen LogP contribution in [-0.4, -0.2) is 46.9 Å². The number of benzene rings is 1. The van der Waals surface area contributed by atoms with Crippen molar-refractivity contribution in [2.45, 2.75) is 72.4 Å². The molecule has 0 spiro atoms. The Balaban J connectivity index is 1.65. The van der Waals surface area contributed by atoms with Gasteiger partial charge in [-0.05, 0) is 61.9 Å². The Morgan fingerprint density at radius 2 is 1.79 bits per heavy atom. The number of piperazine rings is 1. The molecule has 2 heterocycles.